The van der Waals surface area contributed by atoms with E-state index in [1.807, 2.05) is 0 Å². The van der Waals surface area contributed by atoms with Crippen molar-refractivity contribution in [2.24, 2.45) is 23.7 Å². The summed E-state index contributed by atoms with van der Waals surface area (Å²) in [5, 5.41) is 2.76. The molecule has 1 fully saturated rings. The summed E-state index contributed by atoms with van der Waals surface area (Å²) in [6.45, 7) is 9.82. The second kappa shape index (κ2) is 11.5. The maximum atomic E-state index is 3.87. The normalized spacial score (nSPS) is 26.1. The van der Waals surface area contributed by atoms with Crippen molar-refractivity contribution < 1.29 is 0 Å². The zero-order valence-electron chi connectivity index (χ0n) is 21.4. The van der Waals surface area contributed by atoms with E-state index in [0.29, 0.717) is 5.92 Å². The van der Waals surface area contributed by atoms with Gasteiger partial charge in [-0.3, -0.25) is 0 Å². The third kappa shape index (κ3) is 4.76. The summed E-state index contributed by atoms with van der Waals surface area (Å²) in [4.78, 5) is 0. The van der Waals surface area contributed by atoms with Crippen LogP contribution in [0.25, 0.3) is 11.1 Å². The van der Waals surface area contributed by atoms with E-state index in [-0.39, 0.29) is 5.41 Å². The number of unbranched alkanes of at least 4 members (excludes halogenated alkanes) is 2. The van der Waals surface area contributed by atoms with Crippen LogP contribution in [0.1, 0.15) is 100 Å². The Morgan fingerprint density at radius 2 is 1.65 bits per heavy atom. The Kier molecular flexibility index (Phi) is 9.12. The van der Waals surface area contributed by atoms with Crippen molar-refractivity contribution in [2.75, 3.05) is 0 Å². The number of halogens is 3. The van der Waals surface area contributed by atoms with Crippen molar-refractivity contribution in [3.63, 3.8) is 0 Å². The van der Waals surface area contributed by atoms with Gasteiger partial charge < -0.3 is 0 Å². The van der Waals surface area contributed by atoms with Crippen LogP contribution in [0.5, 0.6) is 0 Å². The molecule has 0 saturated heterocycles. The molecule has 0 heterocycles. The van der Waals surface area contributed by atoms with E-state index in [2.05, 4.69) is 106 Å². The Balaban J connectivity index is 2.05. The van der Waals surface area contributed by atoms with Gasteiger partial charge in [-0.15, -0.1) is 0 Å². The quantitative estimate of drug-likeness (QED) is 0.187. The van der Waals surface area contributed by atoms with E-state index in [1.54, 1.807) is 11.1 Å². The van der Waals surface area contributed by atoms with Gasteiger partial charge in [0, 0.05) is 21.4 Å². The van der Waals surface area contributed by atoms with Crippen LogP contribution in [-0.2, 0) is 21.4 Å². The Bertz CT molecular complexity index is 994. The van der Waals surface area contributed by atoms with Gasteiger partial charge in [0.25, 0.3) is 0 Å². The summed E-state index contributed by atoms with van der Waals surface area (Å²) in [6, 6.07) is 12.4. The van der Waals surface area contributed by atoms with E-state index < -0.39 is 0 Å². The molecule has 3 heteroatoms. The number of alkyl halides is 3. The van der Waals surface area contributed by atoms with Gasteiger partial charge in [-0.25, -0.2) is 0 Å². The predicted molar refractivity (Wildman–Crippen MR) is 160 cm³/mol. The molecule has 186 valence electrons. The minimum atomic E-state index is 0.122. The van der Waals surface area contributed by atoms with Crippen LogP contribution in [0.3, 0.4) is 0 Å². The first kappa shape index (κ1) is 26.9. The lowest BCUT2D eigenvalue weighted by atomic mass is 9.54. The number of benzene rings is 2. The monoisotopic (exact) mass is 650 g/mol. The maximum absolute atomic E-state index is 3.87. The first-order chi connectivity index (χ1) is 16.4. The molecule has 0 radical (unpaired) electrons. The molecule has 0 N–H and O–H groups in total. The lowest BCUT2D eigenvalue weighted by molar-refractivity contribution is 0.0826. The van der Waals surface area contributed by atoms with Gasteiger partial charge in [0.2, 0.25) is 0 Å². The number of hydrogen-bond acceptors (Lipinski definition) is 0. The Morgan fingerprint density at radius 3 is 2.29 bits per heavy atom. The Morgan fingerprint density at radius 1 is 0.912 bits per heavy atom. The molecule has 0 amide bonds. The highest BCUT2D eigenvalue weighted by atomic mass is 79.9. The van der Waals surface area contributed by atoms with Crippen LogP contribution >= 0.6 is 47.8 Å². The molecule has 0 spiro atoms. The molecule has 0 bridgehead atoms. The summed E-state index contributed by atoms with van der Waals surface area (Å²) < 4.78 is 0. The van der Waals surface area contributed by atoms with Gasteiger partial charge in [0.1, 0.15) is 0 Å². The van der Waals surface area contributed by atoms with E-state index in [1.165, 1.54) is 72.8 Å². The van der Waals surface area contributed by atoms with Crippen LogP contribution in [0, 0.1) is 23.7 Å². The molecule has 34 heavy (non-hydrogen) atoms. The third-order valence-electron chi connectivity index (χ3n) is 8.88. The molecule has 0 aliphatic heterocycles. The molecule has 2 aliphatic carbocycles. The van der Waals surface area contributed by atoms with Gasteiger partial charge in [-0.2, -0.15) is 0 Å². The van der Waals surface area contributed by atoms with Crippen molar-refractivity contribution in [1.29, 1.82) is 0 Å². The molecule has 4 rings (SSSR count). The van der Waals surface area contributed by atoms with Gasteiger partial charge in [0.05, 0.1) is 0 Å². The zero-order chi connectivity index (χ0) is 24.5. The fourth-order valence-corrected chi connectivity index (χ4v) is 8.42. The first-order valence-electron chi connectivity index (χ1n) is 13.4. The Labute approximate surface area is 233 Å². The summed E-state index contributed by atoms with van der Waals surface area (Å²) in [7, 11) is 0. The molecule has 2 aromatic rings. The fourth-order valence-electron chi connectivity index (χ4n) is 7.30. The topological polar surface area (TPSA) is 0 Å². The standard InChI is InChI=1S/C31H41Br3/c1-5-6-7-12-31(27-13-21(4)8-10-25(27)20(2)3)28-15-22(17-32)9-11-26(28)30-24(19-34)14-23(18-33)16-29(30)31/h9,11,14-16,20-21,25,27H,5-8,10,12-13,17-19H2,1-4H3/t21-,25+,27+,31?/m1/s1. The van der Waals surface area contributed by atoms with Crippen LogP contribution in [-0.4, -0.2) is 0 Å². The van der Waals surface area contributed by atoms with Gasteiger partial charge in [-0.1, -0.05) is 131 Å². The smallest absolute Gasteiger partial charge is 0.0289 e. The minimum absolute atomic E-state index is 0.122. The third-order valence-corrected chi connectivity index (χ3v) is 10.8. The number of rotatable bonds is 9. The van der Waals surface area contributed by atoms with Crippen molar-refractivity contribution in [3.8, 4) is 11.1 Å². The second-order valence-corrected chi connectivity index (χ2v) is 13.0. The van der Waals surface area contributed by atoms with Crippen molar-refractivity contribution in [3.05, 3.63) is 58.1 Å². The summed E-state index contributed by atoms with van der Waals surface area (Å²) in [6.07, 6.45) is 9.31. The first-order valence-corrected chi connectivity index (χ1v) is 16.8. The molecule has 4 atom stereocenters. The average Bonchev–Trinajstić information content (AvgIpc) is 3.13. The van der Waals surface area contributed by atoms with Crippen molar-refractivity contribution in [1.82, 2.24) is 0 Å². The van der Waals surface area contributed by atoms with E-state index in [4.69, 9.17) is 0 Å². The average molecular weight is 653 g/mol. The van der Waals surface area contributed by atoms with Gasteiger partial charge >= 0.3 is 0 Å². The molecule has 0 nitrogen and oxygen atoms in total. The SMILES string of the molecule is CCCCCC1([C@H]2C[C@H](C)CC[C@H]2C(C)C)c2cc(CBr)ccc2-c2c(CBr)cc(CBr)cc21. The van der Waals surface area contributed by atoms with Crippen LogP contribution < -0.4 is 0 Å². The highest BCUT2D eigenvalue weighted by Gasteiger charge is 2.52. The van der Waals surface area contributed by atoms with E-state index >= 15 is 0 Å². The van der Waals surface area contributed by atoms with Crippen LogP contribution in [0.4, 0.5) is 0 Å². The second-order valence-electron chi connectivity index (χ2n) is 11.3. The largest absolute Gasteiger partial charge is 0.0876 e. The van der Waals surface area contributed by atoms with Crippen LogP contribution in [0.15, 0.2) is 30.3 Å². The maximum Gasteiger partial charge on any atom is 0.0289 e. The summed E-state index contributed by atoms with van der Waals surface area (Å²) in [5.74, 6) is 3.02. The highest BCUT2D eigenvalue weighted by Crippen LogP contribution is 2.62. The molecule has 1 unspecified atom stereocenters. The van der Waals surface area contributed by atoms with Crippen molar-refractivity contribution >= 4 is 47.8 Å². The number of fused-ring (bicyclic) bond motifs is 3. The predicted octanol–water partition coefficient (Wildman–Crippen LogP) is 10.9. The molecular weight excluding hydrogens is 612 g/mol. The zero-order valence-corrected chi connectivity index (χ0v) is 26.2. The van der Waals surface area contributed by atoms with Crippen LogP contribution in [0.2, 0.25) is 0 Å². The fraction of sp³-hybridized carbons (Fsp3) is 0.613. The molecular formula is C31H41Br3. The Hall–Kier alpha value is -0.120. The molecule has 2 aromatic carbocycles. The minimum Gasteiger partial charge on any atom is -0.0876 e. The number of hydrogen-bond donors (Lipinski definition) is 0. The highest BCUT2D eigenvalue weighted by molar-refractivity contribution is 9.09. The van der Waals surface area contributed by atoms with Crippen molar-refractivity contribution in [2.45, 2.75) is 94.0 Å². The van der Waals surface area contributed by atoms with E-state index in [9.17, 15) is 0 Å². The lowest BCUT2D eigenvalue weighted by Gasteiger charge is -2.49. The molecule has 1 saturated carbocycles. The van der Waals surface area contributed by atoms with Gasteiger partial charge in [0.15, 0.2) is 0 Å². The van der Waals surface area contributed by atoms with Gasteiger partial charge in [-0.05, 0) is 81.9 Å². The van der Waals surface area contributed by atoms with E-state index in [0.717, 1.165) is 33.7 Å². The summed E-state index contributed by atoms with van der Waals surface area (Å²) in [5.41, 5.74) is 10.7. The lowest BCUT2D eigenvalue weighted by Crippen LogP contribution is -2.44. The summed E-state index contributed by atoms with van der Waals surface area (Å²) >= 11 is 11.5. The molecule has 2 aliphatic rings. The molecule has 0 aromatic heterocycles.